The summed E-state index contributed by atoms with van der Waals surface area (Å²) in [5.74, 6) is -2.22. The van der Waals surface area contributed by atoms with E-state index >= 15 is 0 Å². The number of carboxylic acids is 1. The van der Waals surface area contributed by atoms with Crippen molar-refractivity contribution in [1.29, 1.82) is 0 Å². The molecule has 0 saturated carbocycles. The van der Waals surface area contributed by atoms with E-state index in [-0.39, 0.29) is 17.0 Å². The fourth-order valence-electron chi connectivity index (χ4n) is 1.26. The Morgan fingerprint density at radius 3 is 2.82 bits per heavy atom. The van der Waals surface area contributed by atoms with Gasteiger partial charge in [0.2, 0.25) is 5.76 Å². The number of hydrogen-bond acceptors (Lipinski definition) is 3. The van der Waals surface area contributed by atoms with Gasteiger partial charge in [-0.2, -0.15) is 0 Å². The molecule has 0 fully saturated rings. The van der Waals surface area contributed by atoms with Crippen LogP contribution < -0.4 is 0 Å². The maximum absolute atomic E-state index is 13.6. The Labute approximate surface area is 108 Å². The van der Waals surface area contributed by atoms with Crippen molar-refractivity contribution in [3.63, 3.8) is 0 Å². The van der Waals surface area contributed by atoms with Crippen molar-refractivity contribution in [2.75, 3.05) is 0 Å². The van der Waals surface area contributed by atoms with Crippen molar-refractivity contribution in [2.45, 2.75) is 0 Å². The third kappa shape index (κ3) is 2.18. The normalized spacial score (nSPS) is 10.5. The summed E-state index contributed by atoms with van der Waals surface area (Å²) < 4.78 is 18.5. The Kier molecular flexibility index (Phi) is 3.17. The van der Waals surface area contributed by atoms with Gasteiger partial charge in [0.15, 0.2) is 0 Å². The molecule has 88 valence electrons. The minimum atomic E-state index is -1.28. The van der Waals surface area contributed by atoms with Crippen molar-refractivity contribution in [1.82, 2.24) is 5.16 Å². The van der Waals surface area contributed by atoms with Gasteiger partial charge in [-0.1, -0.05) is 16.8 Å². The number of aromatic nitrogens is 1. The highest BCUT2D eigenvalue weighted by Gasteiger charge is 2.18. The Balaban J connectivity index is 2.60. The molecule has 4 nitrogen and oxygen atoms in total. The summed E-state index contributed by atoms with van der Waals surface area (Å²) in [6.45, 7) is 0. The Morgan fingerprint density at radius 2 is 2.24 bits per heavy atom. The minimum absolute atomic E-state index is 0.0637. The summed E-state index contributed by atoms with van der Waals surface area (Å²) in [6, 6.07) is 3.67. The number of aromatic carboxylic acids is 1. The van der Waals surface area contributed by atoms with Crippen LogP contribution in [-0.4, -0.2) is 16.2 Å². The first-order chi connectivity index (χ1) is 8.00. The van der Waals surface area contributed by atoms with E-state index in [1.807, 2.05) is 0 Å². The van der Waals surface area contributed by atoms with Crippen molar-refractivity contribution in [2.24, 2.45) is 0 Å². The zero-order valence-corrected chi connectivity index (χ0v) is 10.4. The minimum Gasteiger partial charge on any atom is -0.475 e. The smallest absolute Gasteiger partial charge is 0.374 e. The lowest BCUT2D eigenvalue weighted by atomic mass is 10.1. The molecule has 0 unspecified atom stereocenters. The molecule has 1 N–H and O–H groups in total. The molecule has 1 aromatic carbocycles. The molecule has 0 atom stereocenters. The van der Waals surface area contributed by atoms with E-state index in [9.17, 15) is 9.18 Å². The fourth-order valence-corrected chi connectivity index (χ4v) is 1.94. The van der Waals surface area contributed by atoms with E-state index in [0.717, 1.165) is 12.1 Å². The molecule has 0 aliphatic heterocycles. The van der Waals surface area contributed by atoms with Crippen LogP contribution in [0.2, 0.25) is 5.02 Å². The maximum Gasteiger partial charge on any atom is 0.374 e. The molecule has 17 heavy (non-hydrogen) atoms. The second-order valence-corrected chi connectivity index (χ2v) is 4.30. The number of nitrogens with zero attached hydrogens (tertiary/aromatic N) is 1. The van der Waals surface area contributed by atoms with E-state index in [1.165, 1.54) is 6.07 Å². The zero-order chi connectivity index (χ0) is 12.6. The van der Waals surface area contributed by atoms with Gasteiger partial charge in [-0.25, -0.2) is 9.18 Å². The predicted octanol–water partition coefficient (Wildman–Crippen LogP) is 3.59. The van der Waals surface area contributed by atoms with E-state index < -0.39 is 11.8 Å². The van der Waals surface area contributed by atoms with Gasteiger partial charge in [-0.05, 0) is 28.1 Å². The first-order valence-corrected chi connectivity index (χ1v) is 5.51. The van der Waals surface area contributed by atoms with E-state index in [1.54, 1.807) is 0 Å². The van der Waals surface area contributed by atoms with Gasteiger partial charge in [0.1, 0.15) is 11.5 Å². The SMILES string of the molecule is O=C(O)c1cc(-c2c(F)ccc(Cl)c2Br)no1. The standard InChI is InChI=1S/C10H4BrClFNO3/c11-9-4(12)1-2-5(13)8(9)6-3-7(10(15)16)17-14-6/h1-3H,(H,15,16). The molecule has 7 heteroatoms. The van der Waals surface area contributed by atoms with Crippen molar-refractivity contribution >= 4 is 33.5 Å². The quantitative estimate of drug-likeness (QED) is 0.859. The summed E-state index contributed by atoms with van der Waals surface area (Å²) in [5.41, 5.74) is 0.128. The van der Waals surface area contributed by atoms with Crippen LogP contribution in [0.25, 0.3) is 11.3 Å². The average Bonchev–Trinajstić information content (AvgIpc) is 2.73. The Morgan fingerprint density at radius 1 is 1.53 bits per heavy atom. The number of benzene rings is 1. The second kappa shape index (κ2) is 4.46. The van der Waals surface area contributed by atoms with Crippen LogP contribution in [-0.2, 0) is 0 Å². The molecule has 1 aromatic heterocycles. The third-order valence-corrected chi connectivity index (χ3v) is 3.39. The Bertz CT molecular complexity index is 599. The van der Waals surface area contributed by atoms with Gasteiger partial charge < -0.3 is 9.63 Å². The van der Waals surface area contributed by atoms with Crippen LogP contribution in [0.15, 0.2) is 27.2 Å². The lowest BCUT2D eigenvalue weighted by Gasteiger charge is -2.03. The van der Waals surface area contributed by atoms with Gasteiger partial charge in [0, 0.05) is 10.5 Å². The molecule has 0 amide bonds. The zero-order valence-electron chi connectivity index (χ0n) is 8.08. The molecule has 0 radical (unpaired) electrons. The predicted molar refractivity (Wildman–Crippen MR) is 61.6 cm³/mol. The molecular formula is C10H4BrClFNO3. The monoisotopic (exact) mass is 319 g/mol. The van der Waals surface area contributed by atoms with Crippen molar-refractivity contribution < 1.29 is 18.8 Å². The number of rotatable bonds is 2. The van der Waals surface area contributed by atoms with Crippen LogP contribution >= 0.6 is 27.5 Å². The Hall–Kier alpha value is -1.40. The van der Waals surface area contributed by atoms with E-state index in [0.29, 0.717) is 9.50 Å². The van der Waals surface area contributed by atoms with Gasteiger partial charge in [0.05, 0.1) is 10.6 Å². The average molecular weight is 321 g/mol. The highest BCUT2D eigenvalue weighted by atomic mass is 79.9. The fraction of sp³-hybridized carbons (Fsp3) is 0. The molecule has 0 bridgehead atoms. The molecule has 0 aliphatic rings. The van der Waals surface area contributed by atoms with Gasteiger partial charge in [-0.3, -0.25) is 0 Å². The van der Waals surface area contributed by atoms with Gasteiger partial charge >= 0.3 is 5.97 Å². The molecule has 0 aliphatic carbocycles. The van der Waals surface area contributed by atoms with E-state index in [2.05, 4.69) is 25.6 Å². The van der Waals surface area contributed by atoms with Gasteiger partial charge in [0.25, 0.3) is 0 Å². The molecule has 0 saturated heterocycles. The number of carboxylic acid groups (broad SMARTS) is 1. The summed E-state index contributed by atoms with van der Waals surface area (Å²) in [5, 5.41) is 12.5. The highest BCUT2D eigenvalue weighted by molar-refractivity contribution is 9.10. The maximum atomic E-state index is 13.6. The molecule has 2 aromatic rings. The summed E-state index contributed by atoms with van der Waals surface area (Å²) in [7, 11) is 0. The first kappa shape index (κ1) is 12.1. The lowest BCUT2D eigenvalue weighted by molar-refractivity contribution is 0.0652. The number of halogens is 3. The first-order valence-electron chi connectivity index (χ1n) is 4.34. The van der Waals surface area contributed by atoms with Gasteiger partial charge in [-0.15, -0.1) is 0 Å². The number of carbonyl (C=O) groups is 1. The van der Waals surface area contributed by atoms with Crippen LogP contribution in [0.4, 0.5) is 4.39 Å². The van der Waals surface area contributed by atoms with Crippen LogP contribution in [0.1, 0.15) is 10.6 Å². The molecule has 0 spiro atoms. The third-order valence-electron chi connectivity index (χ3n) is 2.02. The lowest BCUT2D eigenvalue weighted by Crippen LogP contribution is -1.92. The van der Waals surface area contributed by atoms with E-state index in [4.69, 9.17) is 16.7 Å². The highest BCUT2D eigenvalue weighted by Crippen LogP contribution is 2.35. The summed E-state index contributed by atoms with van der Waals surface area (Å²) in [4.78, 5) is 10.6. The topological polar surface area (TPSA) is 63.3 Å². The molecule has 2 rings (SSSR count). The molecular weight excluding hydrogens is 316 g/mol. The number of hydrogen-bond donors (Lipinski definition) is 1. The largest absolute Gasteiger partial charge is 0.475 e. The van der Waals surface area contributed by atoms with Crippen LogP contribution in [0, 0.1) is 5.82 Å². The summed E-state index contributed by atoms with van der Waals surface area (Å²) in [6.07, 6.45) is 0. The van der Waals surface area contributed by atoms with Crippen molar-refractivity contribution in [3.8, 4) is 11.3 Å². The molecule has 1 heterocycles. The second-order valence-electron chi connectivity index (χ2n) is 3.10. The van der Waals surface area contributed by atoms with Crippen LogP contribution in [0.5, 0.6) is 0 Å². The summed E-state index contributed by atoms with van der Waals surface area (Å²) >= 11 is 8.93. The van der Waals surface area contributed by atoms with Crippen molar-refractivity contribution in [3.05, 3.63) is 39.3 Å². The van der Waals surface area contributed by atoms with Crippen LogP contribution in [0.3, 0.4) is 0 Å².